The summed E-state index contributed by atoms with van der Waals surface area (Å²) in [5, 5.41) is 9.08. The lowest BCUT2D eigenvalue weighted by Gasteiger charge is -2.04. The van der Waals surface area contributed by atoms with Crippen molar-refractivity contribution in [2.45, 2.75) is 5.88 Å². The smallest absolute Gasteiger partial charge is 0.0979 e. The molecule has 0 spiro atoms. The Bertz CT molecular complexity index is 657. The van der Waals surface area contributed by atoms with E-state index in [9.17, 15) is 0 Å². The first-order valence-electron chi connectivity index (χ1n) is 5.20. The SMILES string of the molecule is ClCc1cn(-c2cccc3ncccc23)nn1. The second-order valence-electron chi connectivity index (χ2n) is 3.64. The number of nitrogens with zero attached hydrogens (tertiary/aromatic N) is 4. The van der Waals surface area contributed by atoms with Crippen LogP contribution in [0.2, 0.25) is 0 Å². The van der Waals surface area contributed by atoms with Crippen molar-refractivity contribution in [3.63, 3.8) is 0 Å². The number of benzene rings is 1. The maximum atomic E-state index is 5.72. The molecule has 84 valence electrons. The van der Waals surface area contributed by atoms with Gasteiger partial charge in [-0.05, 0) is 24.3 Å². The van der Waals surface area contributed by atoms with Gasteiger partial charge in [0.05, 0.1) is 29.0 Å². The highest BCUT2D eigenvalue weighted by Gasteiger charge is 2.05. The molecule has 0 fully saturated rings. The van der Waals surface area contributed by atoms with Crippen LogP contribution in [-0.4, -0.2) is 20.0 Å². The van der Waals surface area contributed by atoms with Gasteiger partial charge in [0.1, 0.15) is 0 Å². The summed E-state index contributed by atoms with van der Waals surface area (Å²) in [7, 11) is 0. The monoisotopic (exact) mass is 244 g/mol. The van der Waals surface area contributed by atoms with E-state index in [4.69, 9.17) is 11.6 Å². The highest BCUT2D eigenvalue weighted by atomic mass is 35.5. The first-order chi connectivity index (χ1) is 8.38. The first kappa shape index (κ1) is 10.2. The van der Waals surface area contributed by atoms with Gasteiger partial charge >= 0.3 is 0 Å². The maximum Gasteiger partial charge on any atom is 0.0979 e. The number of alkyl halides is 1. The molecule has 3 rings (SSSR count). The molecular weight excluding hydrogens is 236 g/mol. The first-order valence-corrected chi connectivity index (χ1v) is 5.73. The molecule has 17 heavy (non-hydrogen) atoms. The van der Waals surface area contributed by atoms with Crippen LogP contribution in [0, 0.1) is 0 Å². The molecule has 0 amide bonds. The van der Waals surface area contributed by atoms with E-state index in [2.05, 4.69) is 15.3 Å². The third-order valence-corrected chi connectivity index (χ3v) is 2.82. The van der Waals surface area contributed by atoms with Crippen molar-refractivity contribution < 1.29 is 0 Å². The van der Waals surface area contributed by atoms with E-state index in [0.29, 0.717) is 5.88 Å². The van der Waals surface area contributed by atoms with E-state index in [1.165, 1.54) is 0 Å². The second kappa shape index (κ2) is 4.14. The molecule has 0 bridgehead atoms. The van der Waals surface area contributed by atoms with Crippen molar-refractivity contribution in [3.05, 3.63) is 48.4 Å². The predicted octanol–water partition coefficient (Wildman–Crippen LogP) is 2.55. The molecule has 2 aromatic heterocycles. The average molecular weight is 245 g/mol. The summed E-state index contributed by atoms with van der Waals surface area (Å²) < 4.78 is 1.72. The van der Waals surface area contributed by atoms with Crippen LogP contribution in [0.15, 0.2) is 42.7 Å². The Morgan fingerprint density at radius 1 is 1.18 bits per heavy atom. The van der Waals surface area contributed by atoms with Crippen LogP contribution < -0.4 is 0 Å². The minimum Gasteiger partial charge on any atom is -0.256 e. The van der Waals surface area contributed by atoms with Gasteiger partial charge in [-0.3, -0.25) is 4.98 Å². The van der Waals surface area contributed by atoms with Crippen molar-refractivity contribution in [1.82, 2.24) is 20.0 Å². The number of hydrogen-bond acceptors (Lipinski definition) is 3. The number of rotatable bonds is 2. The van der Waals surface area contributed by atoms with Gasteiger partial charge in [0.2, 0.25) is 0 Å². The highest BCUT2D eigenvalue weighted by Crippen LogP contribution is 2.19. The van der Waals surface area contributed by atoms with E-state index < -0.39 is 0 Å². The van der Waals surface area contributed by atoms with E-state index in [1.54, 1.807) is 10.9 Å². The number of aromatic nitrogens is 4. The summed E-state index contributed by atoms with van der Waals surface area (Å²) in [6, 6.07) is 9.83. The fourth-order valence-electron chi connectivity index (χ4n) is 1.76. The highest BCUT2D eigenvalue weighted by molar-refractivity contribution is 6.16. The summed E-state index contributed by atoms with van der Waals surface area (Å²) in [6.07, 6.45) is 3.60. The van der Waals surface area contributed by atoms with Gasteiger partial charge in [-0.1, -0.05) is 11.3 Å². The van der Waals surface area contributed by atoms with Gasteiger partial charge in [0.25, 0.3) is 0 Å². The molecule has 0 unspecified atom stereocenters. The van der Waals surface area contributed by atoms with Crippen molar-refractivity contribution in [3.8, 4) is 5.69 Å². The number of halogens is 1. The molecule has 0 aliphatic heterocycles. The van der Waals surface area contributed by atoms with E-state index >= 15 is 0 Å². The van der Waals surface area contributed by atoms with E-state index in [-0.39, 0.29) is 0 Å². The normalized spacial score (nSPS) is 10.9. The fourth-order valence-corrected chi connectivity index (χ4v) is 1.89. The zero-order valence-electron chi connectivity index (χ0n) is 8.92. The van der Waals surface area contributed by atoms with Crippen LogP contribution in [-0.2, 0) is 5.88 Å². The minimum absolute atomic E-state index is 0.364. The second-order valence-corrected chi connectivity index (χ2v) is 3.90. The largest absolute Gasteiger partial charge is 0.256 e. The Morgan fingerprint density at radius 3 is 2.94 bits per heavy atom. The third kappa shape index (κ3) is 1.76. The number of pyridine rings is 1. The van der Waals surface area contributed by atoms with Crippen LogP contribution in [0.25, 0.3) is 16.6 Å². The lowest BCUT2D eigenvalue weighted by Crippen LogP contribution is -1.96. The van der Waals surface area contributed by atoms with Crippen LogP contribution >= 0.6 is 11.6 Å². The Morgan fingerprint density at radius 2 is 2.12 bits per heavy atom. The van der Waals surface area contributed by atoms with E-state index in [1.807, 2.05) is 36.5 Å². The summed E-state index contributed by atoms with van der Waals surface area (Å²) in [5.74, 6) is 0.364. The molecule has 2 heterocycles. The Labute approximate surface area is 103 Å². The summed E-state index contributed by atoms with van der Waals surface area (Å²) in [6.45, 7) is 0. The Hall–Kier alpha value is -1.94. The molecule has 3 aromatic rings. The van der Waals surface area contributed by atoms with Crippen LogP contribution in [0.3, 0.4) is 0 Å². The van der Waals surface area contributed by atoms with Gasteiger partial charge in [0.15, 0.2) is 0 Å². The predicted molar refractivity (Wildman–Crippen MR) is 66.2 cm³/mol. The van der Waals surface area contributed by atoms with Crippen molar-refractivity contribution in [2.24, 2.45) is 0 Å². The van der Waals surface area contributed by atoms with Gasteiger partial charge < -0.3 is 0 Å². The molecule has 0 aliphatic carbocycles. The van der Waals surface area contributed by atoms with Crippen molar-refractivity contribution >= 4 is 22.5 Å². The van der Waals surface area contributed by atoms with Gasteiger partial charge in [0, 0.05) is 11.6 Å². The molecular formula is C12H9ClN4. The lowest BCUT2D eigenvalue weighted by molar-refractivity contribution is 0.805. The molecule has 1 aromatic carbocycles. The standard InChI is InChI=1S/C12H9ClN4/c13-7-9-8-17(16-15-9)12-5-1-4-11-10(12)3-2-6-14-11/h1-6,8H,7H2. The number of hydrogen-bond donors (Lipinski definition) is 0. The topological polar surface area (TPSA) is 43.6 Å². The molecule has 0 radical (unpaired) electrons. The summed E-state index contributed by atoms with van der Waals surface area (Å²) in [4.78, 5) is 4.31. The van der Waals surface area contributed by atoms with E-state index in [0.717, 1.165) is 22.3 Å². The van der Waals surface area contributed by atoms with Gasteiger partial charge in [-0.2, -0.15) is 0 Å². The molecule has 0 saturated carbocycles. The fraction of sp³-hybridized carbons (Fsp3) is 0.0833. The number of fused-ring (bicyclic) bond motifs is 1. The van der Waals surface area contributed by atoms with Crippen molar-refractivity contribution in [1.29, 1.82) is 0 Å². The summed E-state index contributed by atoms with van der Waals surface area (Å²) in [5.41, 5.74) is 2.65. The maximum absolute atomic E-state index is 5.72. The zero-order valence-corrected chi connectivity index (χ0v) is 9.67. The average Bonchev–Trinajstić information content (AvgIpc) is 2.87. The molecule has 0 saturated heterocycles. The minimum atomic E-state index is 0.364. The molecule has 4 nitrogen and oxygen atoms in total. The Kier molecular flexibility index (Phi) is 2.49. The van der Waals surface area contributed by atoms with Crippen LogP contribution in [0.5, 0.6) is 0 Å². The Balaban J connectivity index is 2.23. The van der Waals surface area contributed by atoms with Crippen LogP contribution in [0.4, 0.5) is 0 Å². The molecule has 5 heteroatoms. The molecule has 0 atom stereocenters. The van der Waals surface area contributed by atoms with Crippen LogP contribution in [0.1, 0.15) is 5.69 Å². The molecule has 0 aliphatic rings. The van der Waals surface area contributed by atoms with Gasteiger partial charge in [-0.25, -0.2) is 4.68 Å². The van der Waals surface area contributed by atoms with Crippen molar-refractivity contribution in [2.75, 3.05) is 0 Å². The summed E-state index contributed by atoms with van der Waals surface area (Å²) >= 11 is 5.72. The molecule has 0 N–H and O–H groups in total. The zero-order chi connectivity index (χ0) is 11.7. The van der Waals surface area contributed by atoms with Gasteiger partial charge in [-0.15, -0.1) is 16.7 Å². The lowest BCUT2D eigenvalue weighted by atomic mass is 10.2. The third-order valence-electron chi connectivity index (χ3n) is 2.55. The quantitative estimate of drug-likeness (QED) is 0.651.